The predicted molar refractivity (Wildman–Crippen MR) is 66.5 cm³/mol. The van der Waals surface area contributed by atoms with E-state index in [1.165, 1.54) is 5.56 Å². The van der Waals surface area contributed by atoms with Crippen LogP contribution in [0.15, 0.2) is 24.3 Å². The molecule has 1 aliphatic carbocycles. The predicted octanol–water partition coefficient (Wildman–Crippen LogP) is 1.40. The van der Waals surface area contributed by atoms with E-state index in [4.69, 9.17) is 9.84 Å². The van der Waals surface area contributed by atoms with Crippen molar-refractivity contribution in [3.05, 3.63) is 35.4 Å². The normalized spacial score (nSPS) is 22.5. The van der Waals surface area contributed by atoms with Gasteiger partial charge in [-0.1, -0.05) is 24.3 Å². The molecule has 0 aromatic heterocycles. The molecule has 18 heavy (non-hydrogen) atoms. The van der Waals surface area contributed by atoms with Crippen molar-refractivity contribution in [1.82, 2.24) is 0 Å². The first-order valence-corrected chi connectivity index (χ1v) is 6.23. The van der Waals surface area contributed by atoms with Crippen molar-refractivity contribution in [3.63, 3.8) is 0 Å². The first-order chi connectivity index (χ1) is 8.68. The summed E-state index contributed by atoms with van der Waals surface area (Å²) in [6, 6.07) is 7.89. The van der Waals surface area contributed by atoms with E-state index in [1.807, 2.05) is 24.3 Å². The number of hydrogen-bond acceptors (Lipinski definition) is 3. The molecule has 2 N–H and O–H groups in total. The number of aliphatic hydroxyl groups excluding tert-OH is 1. The molecule has 4 heteroatoms. The molecule has 1 atom stereocenters. The molecule has 0 saturated heterocycles. The Kier molecular flexibility index (Phi) is 3.99. The van der Waals surface area contributed by atoms with Crippen LogP contribution in [0.25, 0.3) is 0 Å². The largest absolute Gasteiger partial charge is 0.479 e. The number of carboxylic acids is 1. The number of aliphatic carboxylic acids is 1. The highest BCUT2D eigenvalue weighted by Crippen LogP contribution is 2.32. The maximum absolute atomic E-state index is 11.5. The van der Waals surface area contributed by atoms with E-state index in [-0.39, 0.29) is 13.2 Å². The number of ether oxygens (including phenoxy) is 1. The molecule has 0 saturated carbocycles. The monoisotopic (exact) mass is 250 g/mol. The van der Waals surface area contributed by atoms with Gasteiger partial charge in [0, 0.05) is 13.0 Å². The Bertz CT molecular complexity index is 430. The lowest BCUT2D eigenvalue weighted by Gasteiger charge is -2.34. The van der Waals surface area contributed by atoms with E-state index in [0.717, 1.165) is 12.0 Å². The number of rotatable bonds is 5. The Morgan fingerprint density at radius 2 is 2.06 bits per heavy atom. The van der Waals surface area contributed by atoms with Gasteiger partial charge < -0.3 is 14.9 Å². The van der Waals surface area contributed by atoms with Crippen molar-refractivity contribution in [2.45, 2.75) is 31.3 Å². The quantitative estimate of drug-likeness (QED) is 0.775. The highest BCUT2D eigenvalue weighted by atomic mass is 16.5. The molecule has 1 unspecified atom stereocenters. The third-order valence-corrected chi connectivity index (χ3v) is 3.46. The number of hydrogen-bond donors (Lipinski definition) is 2. The maximum atomic E-state index is 11.5. The Balaban J connectivity index is 2.16. The third kappa shape index (κ3) is 2.54. The summed E-state index contributed by atoms with van der Waals surface area (Å²) in [6.45, 7) is 0.303. The van der Waals surface area contributed by atoms with Crippen LogP contribution in [0.1, 0.15) is 24.0 Å². The average molecular weight is 250 g/mol. The van der Waals surface area contributed by atoms with Crippen LogP contribution in [0.2, 0.25) is 0 Å². The molecular formula is C14H18O4. The second-order valence-electron chi connectivity index (χ2n) is 4.67. The van der Waals surface area contributed by atoms with E-state index in [9.17, 15) is 9.90 Å². The summed E-state index contributed by atoms with van der Waals surface area (Å²) < 4.78 is 5.57. The number of fused-ring (bicyclic) bond motifs is 1. The van der Waals surface area contributed by atoms with E-state index in [1.54, 1.807) is 0 Å². The van der Waals surface area contributed by atoms with Crippen LogP contribution in [-0.4, -0.2) is 35.0 Å². The Hall–Kier alpha value is -1.39. The first-order valence-electron chi connectivity index (χ1n) is 6.23. The maximum Gasteiger partial charge on any atom is 0.336 e. The zero-order valence-corrected chi connectivity index (χ0v) is 10.3. The van der Waals surface area contributed by atoms with Crippen LogP contribution < -0.4 is 0 Å². The molecule has 0 radical (unpaired) electrons. The van der Waals surface area contributed by atoms with Crippen molar-refractivity contribution >= 4 is 5.97 Å². The molecule has 0 spiro atoms. The third-order valence-electron chi connectivity index (χ3n) is 3.46. The lowest BCUT2D eigenvalue weighted by atomic mass is 9.80. The highest BCUT2D eigenvalue weighted by Gasteiger charge is 2.42. The molecule has 0 fully saturated rings. The molecule has 0 heterocycles. The van der Waals surface area contributed by atoms with E-state index >= 15 is 0 Å². The Morgan fingerprint density at radius 3 is 2.72 bits per heavy atom. The van der Waals surface area contributed by atoms with Gasteiger partial charge in [-0.05, 0) is 30.4 Å². The van der Waals surface area contributed by atoms with Crippen LogP contribution in [0, 0.1) is 0 Å². The van der Waals surface area contributed by atoms with Gasteiger partial charge >= 0.3 is 5.97 Å². The number of carbonyl (C=O) groups is 1. The smallest absolute Gasteiger partial charge is 0.336 e. The molecule has 98 valence electrons. The van der Waals surface area contributed by atoms with Gasteiger partial charge in [0.25, 0.3) is 0 Å². The average Bonchev–Trinajstić information content (AvgIpc) is 2.38. The van der Waals surface area contributed by atoms with Gasteiger partial charge in [0.15, 0.2) is 5.60 Å². The van der Waals surface area contributed by atoms with Crippen LogP contribution in [0.4, 0.5) is 0 Å². The molecule has 0 bridgehead atoms. The van der Waals surface area contributed by atoms with Gasteiger partial charge in [-0.3, -0.25) is 0 Å². The first kappa shape index (κ1) is 13.1. The fourth-order valence-electron chi connectivity index (χ4n) is 2.41. The van der Waals surface area contributed by atoms with Crippen molar-refractivity contribution in [3.8, 4) is 0 Å². The summed E-state index contributed by atoms with van der Waals surface area (Å²) in [5, 5.41) is 18.2. The summed E-state index contributed by atoms with van der Waals surface area (Å²) in [5.74, 6) is -0.907. The molecule has 1 aromatic rings. The number of benzene rings is 1. The molecule has 2 rings (SSSR count). The van der Waals surface area contributed by atoms with Crippen LogP contribution in [0.3, 0.4) is 0 Å². The molecule has 4 nitrogen and oxygen atoms in total. The van der Waals surface area contributed by atoms with Crippen LogP contribution >= 0.6 is 0 Å². The fourth-order valence-corrected chi connectivity index (χ4v) is 2.41. The number of aliphatic hydroxyl groups is 1. The summed E-state index contributed by atoms with van der Waals surface area (Å²) in [4.78, 5) is 11.5. The fraction of sp³-hybridized carbons (Fsp3) is 0.500. The second-order valence-corrected chi connectivity index (χ2v) is 4.67. The van der Waals surface area contributed by atoms with Crippen molar-refractivity contribution in [2.75, 3.05) is 13.2 Å². The topological polar surface area (TPSA) is 66.8 Å². The molecular weight excluding hydrogens is 232 g/mol. The number of carboxylic acid groups (broad SMARTS) is 1. The van der Waals surface area contributed by atoms with Gasteiger partial charge in [-0.2, -0.15) is 0 Å². The molecule has 0 amide bonds. The number of aryl methyl sites for hydroxylation is 1. The lowest BCUT2D eigenvalue weighted by Crippen LogP contribution is -2.46. The van der Waals surface area contributed by atoms with Crippen molar-refractivity contribution < 1.29 is 19.7 Å². The van der Waals surface area contributed by atoms with Gasteiger partial charge in [0.2, 0.25) is 0 Å². The minimum absolute atomic E-state index is 0.0201. The van der Waals surface area contributed by atoms with Gasteiger partial charge in [-0.25, -0.2) is 4.79 Å². The summed E-state index contributed by atoms with van der Waals surface area (Å²) in [5.41, 5.74) is 1.14. The van der Waals surface area contributed by atoms with E-state index < -0.39 is 11.6 Å². The SMILES string of the molecule is O=C(O)C1(OCCCO)CCc2ccccc2C1. The zero-order chi connectivity index (χ0) is 13.0. The summed E-state index contributed by atoms with van der Waals surface area (Å²) in [7, 11) is 0. The Labute approximate surface area is 106 Å². The Morgan fingerprint density at radius 1 is 1.33 bits per heavy atom. The van der Waals surface area contributed by atoms with Gasteiger partial charge in [-0.15, -0.1) is 0 Å². The van der Waals surface area contributed by atoms with E-state index in [2.05, 4.69) is 0 Å². The van der Waals surface area contributed by atoms with E-state index in [0.29, 0.717) is 19.3 Å². The minimum atomic E-state index is -1.12. The summed E-state index contributed by atoms with van der Waals surface area (Å²) >= 11 is 0. The summed E-state index contributed by atoms with van der Waals surface area (Å²) in [6.07, 6.45) is 2.09. The lowest BCUT2D eigenvalue weighted by molar-refractivity contribution is -0.168. The highest BCUT2D eigenvalue weighted by molar-refractivity contribution is 5.78. The molecule has 0 aliphatic heterocycles. The zero-order valence-electron chi connectivity index (χ0n) is 10.3. The van der Waals surface area contributed by atoms with Crippen LogP contribution in [-0.2, 0) is 22.4 Å². The van der Waals surface area contributed by atoms with Crippen LogP contribution in [0.5, 0.6) is 0 Å². The van der Waals surface area contributed by atoms with Crippen molar-refractivity contribution in [1.29, 1.82) is 0 Å². The van der Waals surface area contributed by atoms with Gasteiger partial charge in [0.05, 0.1) is 6.61 Å². The standard InChI is InChI=1S/C14H18O4/c15-8-3-9-18-14(13(16)17)7-6-11-4-1-2-5-12(11)10-14/h1-2,4-5,15H,3,6-10H2,(H,16,17). The van der Waals surface area contributed by atoms with Crippen molar-refractivity contribution in [2.24, 2.45) is 0 Å². The minimum Gasteiger partial charge on any atom is -0.479 e. The molecule has 1 aliphatic rings. The van der Waals surface area contributed by atoms with Gasteiger partial charge in [0.1, 0.15) is 0 Å². The second kappa shape index (κ2) is 5.50. The molecule has 1 aromatic carbocycles.